The van der Waals surface area contributed by atoms with Gasteiger partial charge in [-0.15, -0.1) is 0 Å². The summed E-state index contributed by atoms with van der Waals surface area (Å²) in [5.41, 5.74) is 2.82. The number of esters is 1. The van der Waals surface area contributed by atoms with Crippen LogP contribution in [0.2, 0.25) is 0 Å². The normalized spacial score (nSPS) is 9.69. The van der Waals surface area contributed by atoms with E-state index in [-0.39, 0.29) is 5.97 Å². The lowest BCUT2D eigenvalue weighted by Gasteiger charge is -2.08. The van der Waals surface area contributed by atoms with Gasteiger partial charge in [0.2, 0.25) is 0 Å². The Bertz CT molecular complexity index is 373. The Balaban J connectivity index is 2.57. The van der Waals surface area contributed by atoms with Crippen molar-refractivity contribution in [3.05, 3.63) is 47.0 Å². The van der Waals surface area contributed by atoms with Crippen LogP contribution in [0.3, 0.4) is 0 Å². The average Bonchev–Trinajstić information content (AvgIpc) is 2.28. The fourth-order valence-electron chi connectivity index (χ4n) is 1.51. The number of hydrogen-bond acceptors (Lipinski definition) is 2. The number of rotatable bonds is 4. The lowest BCUT2D eigenvalue weighted by Crippen LogP contribution is -2.08. The maximum Gasteiger partial charge on any atom is 0.334 e. The van der Waals surface area contributed by atoms with Crippen LogP contribution in [0.5, 0.6) is 0 Å². The van der Waals surface area contributed by atoms with E-state index in [0.29, 0.717) is 6.61 Å². The fourth-order valence-corrected chi connectivity index (χ4v) is 1.51. The summed E-state index contributed by atoms with van der Waals surface area (Å²) in [4.78, 5) is 11.7. The van der Waals surface area contributed by atoms with Crippen LogP contribution >= 0.6 is 0 Å². The molecule has 0 unspecified atom stereocenters. The Morgan fingerprint density at radius 2 is 1.81 bits per heavy atom. The van der Waals surface area contributed by atoms with Crippen molar-refractivity contribution < 1.29 is 9.53 Å². The summed E-state index contributed by atoms with van der Waals surface area (Å²) in [7, 11) is 0. The number of ether oxygens (including phenoxy) is 1. The Labute approximate surface area is 96.9 Å². The first-order chi connectivity index (χ1) is 7.65. The molecule has 1 rings (SSSR count). The molecule has 0 heterocycles. The molecule has 0 amide bonds. The summed E-state index contributed by atoms with van der Waals surface area (Å²) in [5.74, 6) is -0.202. The third-order valence-corrected chi connectivity index (χ3v) is 2.42. The van der Waals surface area contributed by atoms with E-state index in [1.165, 1.54) is 0 Å². The maximum atomic E-state index is 11.7. The van der Waals surface area contributed by atoms with Crippen molar-refractivity contribution in [1.82, 2.24) is 0 Å². The molecule has 0 aromatic heterocycles. The topological polar surface area (TPSA) is 26.3 Å². The molecule has 86 valence electrons. The van der Waals surface area contributed by atoms with Crippen LogP contribution in [0.4, 0.5) is 0 Å². The molecule has 0 fully saturated rings. The van der Waals surface area contributed by atoms with Gasteiger partial charge in [-0.3, -0.25) is 0 Å². The third-order valence-electron chi connectivity index (χ3n) is 2.42. The standard InChI is InChI=1S/C14H18O2/c1-4-13(11(2)3)14(15)16-10-12-8-6-5-7-9-12/h5-9H,4,10H2,1-3H3. The van der Waals surface area contributed by atoms with Gasteiger partial charge in [-0.2, -0.15) is 0 Å². The van der Waals surface area contributed by atoms with Crippen molar-refractivity contribution in [3.8, 4) is 0 Å². The molecule has 0 saturated carbocycles. The molecule has 0 atom stereocenters. The highest BCUT2D eigenvalue weighted by Crippen LogP contribution is 2.11. The minimum Gasteiger partial charge on any atom is -0.457 e. The van der Waals surface area contributed by atoms with Crippen molar-refractivity contribution in [2.24, 2.45) is 0 Å². The van der Waals surface area contributed by atoms with Gasteiger partial charge in [0.25, 0.3) is 0 Å². The zero-order valence-corrected chi connectivity index (χ0v) is 10.1. The molecule has 1 aromatic carbocycles. The van der Waals surface area contributed by atoms with Crippen molar-refractivity contribution in [3.63, 3.8) is 0 Å². The summed E-state index contributed by atoms with van der Waals surface area (Å²) in [6.45, 7) is 6.17. The molecule has 16 heavy (non-hydrogen) atoms. The molecule has 0 aliphatic rings. The zero-order valence-electron chi connectivity index (χ0n) is 10.1. The molecular weight excluding hydrogens is 200 g/mol. The largest absolute Gasteiger partial charge is 0.457 e. The fraction of sp³-hybridized carbons (Fsp3) is 0.357. The quantitative estimate of drug-likeness (QED) is 0.571. The summed E-state index contributed by atoms with van der Waals surface area (Å²) >= 11 is 0. The van der Waals surface area contributed by atoms with Gasteiger partial charge in [-0.05, 0) is 25.8 Å². The summed E-state index contributed by atoms with van der Waals surface area (Å²) in [6, 6.07) is 9.71. The molecule has 0 aliphatic heterocycles. The van der Waals surface area contributed by atoms with Gasteiger partial charge in [0, 0.05) is 5.57 Å². The molecule has 2 heteroatoms. The van der Waals surface area contributed by atoms with E-state index in [1.54, 1.807) is 0 Å². The van der Waals surface area contributed by atoms with E-state index in [1.807, 2.05) is 51.1 Å². The highest BCUT2D eigenvalue weighted by molar-refractivity contribution is 5.89. The van der Waals surface area contributed by atoms with Gasteiger partial charge in [0.05, 0.1) is 0 Å². The van der Waals surface area contributed by atoms with Gasteiger partial charge < -0.3 is 4.74 Å². The van der Waals surface area contributed by atoms with Gasteiger partial charge in [0.1, 0.15) is 6.61 Å². The SMILES string of the molecule is CCC(C(=O)OCc1ccccc1)=C(C)C. The predicted molar refractivity (Wildman–Crippen MR) is 64.9 cm³/mol. The molecule has 0 spiro atoms. The smallest absolute Gasteiger partial charge is 0.334 e. The second kappa shape index (κ2) is 6.11. The van der Waals surface area contributed by atoms with Crippen LogP contribution in [0.15, 0.2) is 41.5 Å². The minimum absolute atomic E-state index is 0.202. The zero-order chi connectivity index (χ0) is 12.0. The Kier molecular flexibility index (Phi) is 4.77. The van der Waals surface area contributed by atoms with Crippen LogP contribution in [0, 0.1) is 0 Å². The third kappa shape index (κ3) is 3.54. The molecular formula is C14H18O2. The van der Waals surface area contributed by atoms with E-state index >= 15 is 0 Å². The Hall–Kier alpha value is -1.57. The van der Waals surface area contributed by atoms with E-state index < -0.39 is 0 Å². The van der Waals surface area contributed by atoms with Gasteiger partial charge in [0.15, 0.2) is 0 Å². The van der Waals surface area contributed by atoms with Crippen LogP contribution in [-0.2, 0) is 16.1 Å². The highest BCUT2D eigenvalue weighted by Gasteiger charge is 2.10. The van der Waals surface area contributed by atoms with E-state index in [4.69, 9.17) is 4.74 Å². The second-order valence-corrected chi connectivity index (χ2v) is 3.89. The molecule has 0 radical (unpaired) electrons. The van der Waals surface area contributed by atoms with Crippen molar-refractivity contribution in [1.29, 1.82) is 0 Å². The Morgan fingerprint density at radius 3 is 2.31 bits per heavy atom. The molecule has 0 N–H and O–H groups in total. The lowest BCUT2D eigenvalue weighted by atomic mass is 10.1. The van der Waals surface area contributed by atoms with E-state index in [9.17, 15) is 4.79 Å². The summed E-state index contributed by atoms with van der Waals surface area (Å²) < 4.78 is 5.25. The number of carbonyl (C=O) groups excluding carboxylic acids is 1. The van der Waals surface area contributed by atoms with Crippen LogP contribution < -0.4 is 0 Å². The lowest BCUT2D eigenvalue weighted by molar-refractivity contribution is -0.140. The molecule has 2 nitrogen and oxygen atoms in total. The first-order valence-electron chi connectivity index (χ1n) is 5.52. The molecule has 0 bridgehead atoms. The Morgan fingerprint density at radius 1 is 1.19 bits per heavy atom. The molecule has 0 aliphatic carbocycles. The number of allylic oxidation sites excluding steroid dienone is 1. The first kappa shape index (κ1) is 12.5. The van der Waals surface area contributed by atoms with Crippen molar-refractivity contribution in [2.75, 3.05) is 0 Å². The molecule has 0 saturated heterocycles. The van der Waals surface area contributed by atoms with Gasteiger partial charge in [-0.25, -0.2) is 4.79 Å². The van der Waals surface area contributed by atoms with Crippen LogP contribution in [0.1, 0.15) is 32.8 Å². The van der Waals surface area contributed by atoms with Gasteiger partial charge in [-0.1, -0.05) is 42.8 Å². The number of benzene rings is 1. The second-order valence-electron chi connectivity index (χ2n) is 3.89. The van der Waals surface area contributed by atoms with E-state index in [2.05, 4.69) is 0 Å². The molecule has 1 aromatic rings. The monoisotopic (exact) mass is 218 g/mol. The maximum absolute atomic E-state index is 11.7. The predicted octanol–water partition coefficient (Wildman–Crippen LogP) is 3.48. The number of hydrogen-bond donors (Lipinski definition) is 0. The van der Waals surface area contributed by atoms with Crippen LogP contribution in [0.25, 0.3) is 0 Å². The van der Waals surface area contributed by atoms with Crippen molar-refractivity contribution >= 4 is 5.97 Å². The van der Waals surface area contributed by atoms with E-state index in [0.717, 1.165) is 23.1 Å². The van der Waals surface area contributed by atoms with Gasteiger partial charge >= 0.3 is 5.97 Å². The van der Waals surface area contributed by atoms with Crippen LogP contribution in [-0.4, -0.2) is 5.97 Å². The highest BCUT2D eigenvalue weighted by atomic mass is 16.5. The summed E-state index contributed by atoms with van der Waals surface area (Å²) in [6.07, 6.45) is 0.718. The summed E-state index contributed by atoms with van der Waals surface area (Å²) in [5, 5.41) is 0. The van der Waals surface area contributed by atoms with Crippen molar-refractivity contribution in [2.45, 2.75) is 33.8 Å². The first-order valence-corrected chi connectivity index (χ1v) is 5.52. The minimum atomic E-state index is -0.202. The average molecular weight is 218 g/mol. The number of carbonyl (C=O) groups is 1.